The van der Waals surface area contributed by atoms with Crippen LogP contribution in [0.5, 0.6) is 5.75 Å². The number of methoxy groups -OCH3 is 2. The summed E-state index contributed by atoms with van der Waals surface area (Å²) in [5.41, 5.74) is 1.15. The normalized spacial score (nSPS) is 12.5. The van der Waals surface area contributed by atoms with Gasteiger partial charge < -0.3 is 19.9 Å². The summed E-state index contributed by atoms with van der Waals surface area (Å²) in [6, 6.07) is 12.3. The van der Waals surface area contributed by atoms with Gasteiger partial charge in [-0.2, -0.15) is 0 Å². The van der Waals surface area contributed by atoms with Crippen molar-refractivity contribution in [2.45, 2.75) is 19.1 Å². The van der Waals surface area contributed by atoms with E-state index in [9.17, 15) is 5.11 Å². The predicted molar refractivity (Wildman–Crippen MR) is 84.7 cm³/mol. The van der Waals surface area contributed by atoms with Crippen LogP contribution >= 0.6 is 0 Å². The Labute approximate surface area is 125 Å². The van der Waals surface area contributed by atoms with Crippen molar-refractivity contribution in [1.29, 1.82) is 0 Å². The molecule has 1 unspecified atom stereocenters. The molecule has 1 atom stereocenters. The molecular weight excluding hydrogens is 266 g/mol. The SMILES string of the molecule is COCC(O)CCNCc1c(OC)ccc2ccccc12. The first-order chi connectivity index (χ1) is 10.3. The molecule has 0 aliphatic carbocycles. The van der Waals surface area contributed by atoms with Gasteiger partial charge in [-0.25, -0.2) is 0 Å². The van der Waals surface area contributed by atoms with E-state index in [4.69, 9.17) is 9.47 Å². The molecule has 4 nitrogen and oxygen atoms in total. The molecule has 0 amide bonds. The molecule has 2 N–H and O–H groups in total. The van der Waals surface area contributed by atoms with Crippen molar-refractivity contribution in [1.82, 2.24) is 5.32 Å². The maximum absolute atomic E-state index is 9.63. The van der Waals surface area contributed by atoms with Gasteiger partial charge in [-0.1, -0.05) is 30.3 Å². The number of benzene rings is 2. The van der Waals surface area contributed by atoms with Crippen LogP contribution < -0.4 is 10.1 Å². The molecule has 0 bridgehead atoms. The maximum atomic E-state index is 9.63. The number of aliphatic hydroxyl groups excluding tert-OH is 1. The molecule has 21 heavy (non-hydrogen) atoms. The Morgan fingerprint density at radius 1 is 1.14 bits per heavy atom. The van der Waals surface area contributed by atoms with E-state index in [-0.39, 0.29) is 0 Å². The van der Waals surface area contributed by atoms with E-state index in [1.165, 1.54) is 10.8 Å². The Hall–Kier alpha value is -1.62. The van der Waals surface area contributed by atoms with Gasteiger partial charge in [0.25, 0.3) is 0 Å². The van der Waals surface area contributed by atoms with Crippen molar-refractivity contribution in [3.63, 3.8) is 0 Å². The maximum Gasteiger partial charge on any atom is 0.123 e. The standard InChI is InChI=1S/C17H23NO3/c1-20-12-14(19)9-10-18-11-16-15-6-4-3-5-13(15)7-8-17(16)21-2/h3-8,14,18-19H,9-12H2,1-2H3. The van der Waals surface area contributed by atoms with Crippen LogP contribution in [0.4, 0.5) is 0 Å². The van der Waals surface area contributed by atoms with Crippen LogP contribution in [0.25, 0.3) is 10.8 Å². The van der Waals surface area contributed by atoms with Crippen molar-refractivity contribution < 1.29 is 14.6 Å². The summed E-state index contributed by atoms with van der Waals surface area (Å²) in [7, 11) is 3.29. The lowest BCUT2D eigenvalue weighted by Crippen LogP contribution is -2.23. The van der Waals surface area contributed by atoms with Crippen LogP contribution in [-0.2, 0) is 11.3 Å². The van der Waals surface area contributed by atoms with Crippen LogP contribution in [0, 0.1) is 0 Å². The highest BCUT2D eigenvalue weighted by atomic mass is 16.5. The highest BCUT2D eigenvalue weighted by molar-refractivity contribution is 5.87. The zero-order chi connectivity index (χ0) is 15.1. The number of hydrogen-bond donors (Lipinski definition) is 2. The number of aliphatic hydroxyl groups is 1. The zero-order valence-electron chi connectivity index (χ0n) is 12.6. The van der Waals surface area contributed by atoms with Crippen molar-refractivity contribution in [3.8, 4) is 5.75 Å². The van der Waals surface area contributed by atoms with Crippen molar-refractivity contribution in [3.05, 3.63) is 42.0 Å². The fraction of sp³-hybridized carbons (Fsp3) is 0.412. The van der Waals surface area contributed by atoms with Gasteiger partial charge in [0.1, 0.15) is 5.75 Å². The smallest absolute Gasteiger partial charge is 0.123 e. The second-order valence-electron chi connectivity index (χ2n) is 5.04. The summed E-state index contributed by atoms with van der Waals surface area (Å²) in [6.07, 6.45) is 0.248. The molecular formula is C17H23NO3. The van der Waals surface area contributed by atoms with E-state index in [0.717, 1.165) is 17.9 Å². The second-order valence-corrected chi connectivity index (χ2v) is 5.04. The first-order valence-electron chi connectivity index (χ1n) is 7.18. The Balaban J connectivity index is 2.03. The quantitative estimate of drug-likeness (QED) is 0.732. The van der Waals surface area contributed by atoms with Gasteiger partial charge in [0, 0.05) is 19.2 Å². The summed E-state index contributed by atoms with van der Waals surface area (Å²) in [4.78, 5) is 0. The summed E-state index contributed by atoms with van der Waals surface area (Å²) in [6.45, 7) is 1.82. The monoisotopic (exact) mass is 289 g/mol. The van der Waals surface area contributed by atoms with Gasteiger partial charge in [0.2, 0.25) is 0 Å². The van der Waals surface area contributed by atoms with E-state index < -0.39 is 6.10 Å². The molecule has 114 valence electrons. The molecule has 0 aliphatic heterocycles. The lowest BCUT2D eigenvalue weighted by Gasteiger charge is -2.14. The Kier molecular flexibility index (Phi) is 5.99. The Bertz CT molecular complexity index is 571. The molecule has 0 saturated carbocycles. The zero-order valence-corrected chi connectivity index (χ0v) is 12.6. The van der Waals surface area contributed by atoms with Crippen LogP contribution in [0.1, 0.15) is 12.0 Å². The number of fused-ring (bicyclic) bond motifs is 1. The minimum atomic E-state index is -0.420. The van der Waals surface area contributed by atoms with Crippen LogP contribution in [0.15, 0.2) is 36.4 Å². The predicted octanol–water partition coefficient (Wildman–Crippen LogP) is 2.34. The van der Waals surface area contributed by atoms with E-state index >= 15 is 0 Å². The van der Waals surface area contributed by atoms with Crippen LogP contribution in [-0.4, -0.2) is 38.6 Å². The van der Waals surface area contributed by atoms with Crippen LogP contribution in [0.2, 0.25) is 0 Å². The third-order valence-corrected chi connectivity index (χ3v) is 3.53. The third-order valence-electron chi connectivity index (χ3n) is 3.53. The van der Waals surface area contributed by atoms with E-state index in [1.54, 1.807) is 14.2 Å². The average molecular weight is 289 g/mol. The average Bonchev–Trinajstić information content (AvgIpc) is 2.51. The molecule has 2 aromatic rings. The minimum absolute atomic E-state index is 0.374. The molecule has 0 spiro atoms. The first kappa shape index (κ1) is 15.8. The van der Waals surface area contributed by atoms with Gasteiger partial charge in [0.05, 0.1) is 19.8 Å². The highest BCUT2D eigenvalue weighted by Crippen LogP contribution is 2.27. The molecule has 0 fully saturated rings. The van der Waals surface area contributed by atoms with Gasteiger partial charge in [-0.15, -0.1) is 0 Å². The van der Waals surface area contributed by atoms with E-state index in [1.807, 2.05) is 18.2 Å². The molecule has 0 aromatic heterocycles. The molecule has 0 radical (unpaired) electrons. The summed E-state index contributed by atoms with van der Waals surface area (Å²) in [5, 5.41) is 15.4. The Morgan fingerprint density at radius 3 is 2.71 bits per heavy atom. The molecule has 0 aliphatic rings. The lowest BCUT2D eigenvalue weighted by atomic mass is 10.0. The van der Waals surface area contributed by atoms with E-state index in [0.29, 0.717) is 19.6 Å². The minimum Gasteiger partial charge on any atom is -0.496 e. The summed E-state index contributed by atoms with van der Waals surface area (Å²) < 4.78 is 10.4. The fourth-order valence-corrected chi connectivity index (χ4v) is 2.45. The van der Waals surface area contributed by atoms with Crippen molar-refractivity contribution >= 4 is 10.8 Å². The molecule has 4 heteroatoms. The van der Waals surface area contributed by atoms with E-state index in [2.05, 4.69) is 23.5 Å². The topological polar surface area (TPSA) is 50.7 Å². The van der Waals surface area contributed by atoms with Crippen LogP contribution in [0.3, 0.4) is 0 Å². The van der Waals surface area contributed by atoms with Crippen molar-refractivity contribution in [2.75, 3.05) is 27.4 Å². The highest BCUT2D eigenvalue weighted by Gasteiger charge is 2.08. The van der Waals surface area contributed by atoms with Gasteiger partial charge >= 0.3 is 0 Å². The molecule has 0 heterocycles. The number of ether oxygens (including phenoxy) is 2. The number of hydrogen-bond acceptors (Lipinski definition) is 4. The number of nitrogens with one attached hydrogen (secondary N) is 1. The number of rotatable bonds is 8. The third kappa shape index (κ3) is 4.17. The summed E-state index contributed by atoms with van der Waals surface area (Å²) >= 11 is 0. The van der Waals surface area contributed by atoms with Gasteiger partial charge in [0.15, 0.2) is 0 Å². The Morgan fingerprint density at radius 2 is 1.95 bits per heavy atom. The lowest BCUT2D eigenvalue weighted by molar-refractivity contribution is 0.0594. The molecule has 0 saturated heterocycles. The van der Waals surface area contributed by atoms with Gasteiger partial charge in [-0.3, -0.25) is 0 Å². The summed E-state index contributed by atoms with van der Waals surface area (Å²) in [5.74, 6) is 0.888. The van der Waals surface area contributed by atoms with Crippen molar-refractivity contribution in [2.24, 2.45) is 0 Å². The second kappa shape index (κ2) is 7.98. The molecule has 2 aromatic carbocycles. The van der Waals surface area contributed by atoms with Gasteiger partial charge in [-0.05, 0) is 29.8 Å². The first-order valence-corrected chi connectivity index (χ1v) is 7.18. The molecule has 2 rings (SSSR count). The fourth-order valence-electron chi connectivity index (χ4n) is 2.45. The largest absolute Gasteiger partial charge is 0.496 e.